The number of rotatable bonds is 7. The summed E-state index contributed by atoms with van der Waals surface area (Å²) in [6.45, 7) is 9.51. The molecule has 0 aromatic carbocycles. The highest BCUT2D eigenvalue weighted by molar-refractivity contribution is 4.96. The van der Waals surface area contributed by atoms with E-state index >= 15 is 0 Å². The molecule has 4 nitrogen and oxygen atoms in total. The molecule has 86 valence electrons. The van der Waals surface area contributed by atoms with E-state index in [9.17, 15) is 0 Å². The van der Waals surface area contributed by atoms with Gasteiger partial charge in [0, 0.05) is 31.9 Å². The van der Waals surface area contributed by atoms with E-state index in [2.05, 4.69) is 34.9 Å². The van der Waals surface area contributed by atoms with Gasteiger partial charge < -0.3 is 14.6 Å². The van der Waals surface area contributed by atoms with Crippen molar-refractivity contribution in [2.45, 2.75) is 39.9 Å². The van der Waals surface area contributed by atoms with Crippen LogP contribution in [0.5, 0.6) is 0 Å². The number of nitrogens with one attached hydrogen (secondary N) is 1. The van der Waals surface area contributed by atoms with Crippen LogP contribution in [-0.2, 0) is 17.8 Å². The van der Waals surface area contributed by atoms with E-state index in [-0.39, 0.29) is 0 Å². The van der Waals surface area contributed by atoms with Crippen LogP contribution in [0.3, 0.4) is 0 Å². The van der Waals surface area contributed by atoms with Crippen molar-refractivity contribution in [2.24, 2.45) is 0 Å². The van der Waals surface area contributed by atoms with Crippen molar-refractivity contribution >= 4 is 0 Å². The van der Waals surface area contributed by atoms with E-state index < -0.39 is 0 Å². The zero-order valence-electron chi connectivity index (χ0n) is 9.86. The predicted molar refractivity (Wildman–Crippen MR) is 60.7 cm³/mol. The second kappa shape index (κ2) is 6.58. The van der Waals surface area contributed by atoms with Gasteiger partial charge in [-0.25, -0.2) is 4.98 Å². The lowest BCUT2D eigenvalue weighted by atomic mass is 10.3. The van der Waals surface area contributed by atoms with Crippen LogP contribution in [-0.4, -0.2) is 28.8 Å². The van der Waals surface area contributed by atoms with Crippen molar-refractivity contribution in [2.75, 3.05) is 13.2 Å². The standard InChI is InChI=1S/C11H21N3O/c1-4-15-6-5-14-8-11(13-9-14)7-12-10(2)3/h8-10,12H,4-7H2,1-3H3. The minimum Gasteiger partial charge on any atom is -0.380 e. The maximum atomic E-state index is 5.28. The zero-order chi connectivity index (χ0) is 11.1. The summed E-state index contributed by atoms with van der Waals surface area (Å²) in [6, 6.07) is 0.499. The molecule has 0 spiro atoms. The molecule has 1 heterocycles. The fourth-order valence-electron chi connectivity index (χ4n) is 1.24. The molecular formula is C11H21N3O. The molecule has 0 fully saturated rings. The Morgan fingerprint density at radius 3 is 3.00 bits per heavy atom. The van der Waals surface area contributed by atoms with Crippen molar-refractivity contribution in [3.8, 4) is 0 Å². The fraction of sp³-hybridized carbons (Fsp3) is 0.727. The lowest BCUT2D eigenvalue weighted by molar-refractivity contribution is 0.139. The molecule has 0 saturated carbocycles. The molecule has 4 heteroatoms. The Morgan fingerprint density at radius 2 is 2.33 bits per heavy atom. The summed E-state index contributed by atoms with van der Waals surface area (Å²) in [6.07, 6.45) is 3.92. The van der Waals surface area contributed by atoms with Gasteiger partial charge in [0.1, 0.15) is 0 Å². The maximum Gasteiger partial charge on any atom is 0.0950 e. The smallest absolute Gasteiger partial charge is 0.0950 e. The number of hydrogen-bond donors (Lipinski definition) is 1. The van der Waals surface area contributed by atoms with Gasteiger partial charge in [0.15, 0.2) is 0 Å². The molecule has 1 rings (SSSR count). The van der Waals surface area contributed by atoms with Gasteiger partial charge >= 0.3 is 0 Å². The Balaban J connectivity index is 2.29. The first-order chi connectivity index (χ1) is 7.22. The molecule has 0 unspecified atom stereocenters. The Hall–Kier alpha value is -0.870. The molecule has 1 N–H and O–H groups in total. The summed E-state index contributed by atoms with van der Waals surface area (Å²) < 4.78 is 7.34. The summed E-state index contributed by atoms with van der Waals surface area (Å²) >= 11 is 0. The molecule has 1 aromatic heterocycles. The van der Waals surface area contributed by atoms with E-state index in [1.165, 1.54) is 0 Å². The maximum absolute atomic E-state index is 5.28. The number of nitrogens with zero attached hydrogens (tertiary/aromatic N) is 2. The first kappa shape index (κ1) is 12.2. The molecule has 0 atom stereocenters. The van der Waals surface area contributed by atoms with E-state index in [0.717, 1.165) is 32.0 Å². The normalized spacial score (nSPS) is 11.2. The molecule has 0 saturated heterocycles. The van der Waals surface area contributed by atoms with Gasteiger partial charge in [-0.2, -0.15) is 0 Å². The monoisotopic (exact) mass is 211 g/mol. The third-order valence-electron chi connectivity index (χ3n) is 2.08. The van der Waals surface area contributed by atoms with Crippen molar-refractivity contribution < 1.29 is 4.74 Å². The van der Waals surface area contributed by atoms with Crippen molar-refractivity contribution in [1.82, 2.24) is 14.9 Å². The second-order valence-electron chi connectivity index (χ2n) is 3.84. The number of ether oxygens (including phenoxy) is 1. The van der Waals surface area contributed by atoms with Gasteiger partial charge in [-0.15, -0.1) is 0 Å². The molecule has 0 aliphatic heterocycles. The number of imidazole rings is 1. The highest BCUT2D eigenvalue weighted by Crippen LogP contribution is 1.96. The van der Waals surface area contributed by atoms with Crippen LogP contribution in [0.2, 0.25) is 0 Å². The van der Waals surface area contributed by atoms with Crippen LogP contribution in [0, 0.1) is 0 Å². The van der Waals surface area contributed by atoms with Crippen molar-refractivity contribution in [3.05, 3.63) is 18.2 Å². The highest BCUT2D eigenvalue weighted by Gasteiger charge is 1.99. The minimum atomic E-state index is 0.499. The molecule has 0 bridgehead atoms. The molecule has 15 heavy (non-hydrogen) atoms. The van der Waals surface area contributed by atoms with E-state index in [1.54, 1.807) is 0 Å². The van der Waals surface area contributed by atoms with Gasteiger partial charge in [0.2, 0.25) is 0 Å². The lowest BCUT2D eigenvalue weighted by Crippen LogP contribution is -2.21. The predicted octanol–water partition coefficient (Wildman–Crippen LogP) is 1.42. The van der Waals surface area contributed by atoms with Crippen molar-refractivity contribution in [1.29, 1.82) is 0 Å². The fourth-order valence-corrected chi connectivity index (χ4v) is 1.24. The molecule has 0 aliphatic rings. The number of hydrogen-bond acceptors (Lipinski definition) is 3. The number of aromatic nitrogens is 2. The van der Waals surface area contributed by atoms with Gasteiger partial charge in [-0.05, 0) is 6.92 Å². The van der Waals surface area contributed by atoms with Gasteiger partial charge in [0.05, 0.1) is 18.6 Å². The van der Waals surface area contributed by atoms with Crippen LogP contribution in [0.15, 0.2) is 12.5 Å². The Bertz CT molecular complexity index is 271. The molecular weight excluding hydrogens is 190 g/mol. The van der Waals surface area contributed by atoms with E-state index in [1.807, 2.05) is 13.3 Å². The zero-order valence-corrected chi connectivity index (χ0v) is 9.86. The van der Waals surface area contributed by atoms with E-state index in [4.69, 9.17) is 4.74 Å². The van der Waals surface area contributed by atoms with Crippen LogP contribution in [0.1, 0.15) is 26.5 Å². The highest BCUT2D eigenvalue weighted by atomic mass is 16.5. The molecule has 0 amide bonds. The summed E-state index contributed by atoms with van der Waals surface area (Å²) in [5.41, 5.74) is 1.08. The molecule has 1 aromatic rings. The van der Waals surface area contributed by atoms with Crippen LogP contribution < -0.4 is 5.32 Å². The minimum absolute atomic E-state index is 0.499. The largest absolute Gasteiger partial charge is 0.380 e. The van der Waals surface area contributed by atoms with Crippen LogP contribution in [0.25, 0.3) is 0 Å². The average molecular weight is 211 g/mol. The average Bonchev–Trinajstić information content (AvgIpc) is 2.63. The quantitative estimate of drug-likeness (QED) is 0.693. The van der Waals surface area contributed by atoms with Gasteiger partial charge in [-0.3, -0.25) is 0 Å². The Kier molecular flexibility index (Phi) is 5.36. The summed E-state index contributed by atoms with van der Waals surface area (Å²) in [7, 11) is 0. The summed E-state index contributed by atoms with van der Waals surface area (Å²) in [5.74, 6) is 0. The Labute approximate surface area is 91.7 Å². The van der Waals surface area contributed by atoms with Crippen LogP contribution >= 0.6 is 0 Å². The summed E-state index contributed by atoms with van der Waals surface area (Å²) in [5, 5.41) is 3.34. The topological polar surface area (TPSA) is 39.1 Å². The Morgan fingerprint density at radius 1 is 1.53 bits per heavy atom. The lowest BCUT2D eigenvalue weighted by Gasteiger charge is -2.05. The van der Waals surface area contributed by atoms with Gasteiger partial charge in [0.25, 0.3) is 0 Å². The third kappa shape index (κ3) is 4.95. The van der Waals surface area contributed by atoms with Crippen LogP contribution in [0.4, 0.5) is 0 Å². The second-order valence-corrected chi connectivity index (χ2v) is 3.84. The van der Waals surface area contributed by atoms with Gasteiger partial charge in [-0.1, -0.05) is 13.8 Å². The molecule has 0 radical (unpaired) electrons. The third-order valence-corrected chi connectivity index (χ3v) is 2.08. The van der Waals surface area contributed by atoms with E-state index in [0.29, 0.717) is 6.04 Å². The van der Waals surface area contributed by atoms with Crippen molar-refractivity contribution in [3.63, 3.8) is 0 Å². The first-order valence-electron chi connectivity index (χ1n) is 5.54. The first-order valence-corrected chi connectivity index (χ1v) is 5.54. The summed E-state index contributed by atoms with van der Waals surface area (Å²) in [4.78, 5) is 4.31. The SMILES string of the molecule is CCOCCn1cnc(CNC(C)C)c1. The molecule has 0 aliphatic carbocycles.